The smallest absolute Gasteiger partial charge is 0.317 e. The van der Waals surface area contributed by atoms with Gasteiger partial charge in [0.2, 0.25) is 0 Å². The van der Waals surface area contributed by atoms with Crippen LogP contribution in [0.15, 0.2) is 36.5 Å². The highest BCUT2D eigenvalue weighted by Crippen LogP contribution is 2.29. The number of nitrogens with zero attached hydrogens (tertiary/aromatic N) is 2. The van der Waals surface area contributed by atoms with Gasteiger partial charge in [0.05, 0.1) is 19.4 Å². The molecule has 0 radical (unpaired) electrons. The fraction of sp³-hybridized carbons (Fsp3) is 0.583. The van der Waals surface area contributed by atoms with Crippen molar-refractivity contribution in [2.24, 2.45) is 5.92 Å². The Hall–Kier alpha value is -2.10. The molecule has 0 fully saturated rings. The van der Waals surface area contributed by atoms with Crippen molar-refractivity contribution in [2.45, 2.75) is 72.1 Å². The predicted octanol–water partition coefficient (Wildman–Crippen LogP) is 6.70. The average molecular weight is 385 g/mol. The van der Waals surface area contributed by atoms with E-state index in [0.29, 0.717) is 19.2 Å². The van der Waals surface area contributed by atoms with Crippen LogP contribution in [0.3, 0.4) is 0 Å². The molecule has 2 aromatic rings. The number of benzene rings is 1. The lowest BCUT2D eigenvalue weighted by Crippen LogP contribution is -2.05. The van der Waals surface area contributed by atoms with Gasteiger partial charge >= 0.3 is 6.01 Å². The van der Waals surface area contributed by atoms with Crippen molar-refractivity contribution in [1.29, 1.82) is 0 Å². The maximum absolute atomic E-state index is 5.96. The van der Waals surface area contributed by atoms with Crippen LogP contribution in [0.4, 0.5) is 0 Å². The number of unbranched alkanes of at least 4 members (excludes halogenated alkanes) is 4. The third-order valence-corrected chi connectivity index (χ3v) is 5.06. The third kappa shape index (κ3) is 7.87. The van der Waals surface area contributed by atoms with Crippen LogP contribution >= 0.6 is 0 Å². The molecule has 1 aromatic carbocycles. The summed E-state index contributed by atoms with van der Waals surface area (Å²) in [5.41, 5.74) is 1.83. The van der Waals surface area contributed by atoms with Gasteiger partial charge in [-0.3, -0.25) is 0 Å². The van der Waals surface area contributed by atoms with E-state index in [9.17, 15) is 0 Å². The number of hydrogen-bond donors (Lipinski definition) is 0. The van der Waals surface area contributed by atoms with Gasteiger partial charge in [-0.15, -0.1) is 0 Å². The number of ether oxygens (including phenoxy) is 2. The fourth-order valence-corrected chi connectivity index (χ4v) is 3.01. The first-order valence-electron chi connectivity index (χ1n) is 10.9. The van der Waals surface area contributed by atoms with Crippen LogP contribution in [-0.4, -0.2) is 23.2 Å². The van der Waals surface area contributed by atoms with Gasteiger partial charge in [-0.25, -0.2) is 0 Å². The van der Waals surface area contributed by atoms with Crippen LogP contribution in [0.5, 0.6) is 11.8 Å². The second kappa shape index (κ2) is 13.1. The molecule has 0 aliphatic carbocycles. The summed E-state index contributed by atoms with van der Waals surface area (Å²) in [5.74, 6) is 1.55. The van der Waals surface area contributed by atoms with Gasteiger partial charge in [0.15, 0.2) is 5.75 Å². The van der Waals surface area contributed by atoms with Gasteiger partial charge in [0.1, 0.15) is 5.69 Å². The second-order valence-electron chi connectivity index (χ2n) is 7.50. The number of hydrogen-bond acceptors (Lipinski definition) is 4. The minimum atomic E-state index is 0.432. The zero-order valence-electron chi connectivity index (χ0n) is 17.8. The molecule has 1 unspecified atom stereocenters. The van der Waals surface area contributed by atoms with Crippen molar-refractivity contribution in [3.05, 3.63) is 36.5 Å². The molecule has 1 aromatic heterocycles. The SMILES string of the molecule is CCCCCOc1cnc(OCCCCCC(C)CC)nc1-c1ccccc1. The van der Waals surface area contributed by atoms with E-state index in [1.807, 2.05) is 30.3 Å². The maximum Gasteiger partial charge on any atom is 0.317 e. The van der Waals surface area contributed by atoms with E-state index in [1.54, 1.807) is 6.20 Å². The van der Waals surface area contributed by atoms with Crippen molar-refractivity contribution in [3.8, 4) is 23.0 Å². The average Bonchev–Trinajstić information content (AvgIpc) is 2.74. The van der Waals surface area contributed by atoms with Crippen LogP contribution in [-0.2, 0) is 0 Å². The molecular formula is C24H36N2O2. The molecule has 0 bridgehead atoms. The normalized spacial score (nSPS) is 12.0. The molecule has 0 spiro atoms. The minimum Gasteiger partial charge on any atom is -0.490 e. The first kappa shape index (κ1) is 22.2. The summed E-state index contributed by atoms with van der Waals surface area (Å²) in [6, 6.07) is 10.5. The summed E-state index contributed by atoms with van der Waals surface area (Å²) in [6.45, 7) is 8.11. The summed E-state index contributed by atoms with van der Waals surface area (Å²) in [7, 11) is 0. The number of aromatic nitrogens is 2. The highest BCUT2D eigenvalue weighted by Gasteiger charge is 2.12. The molecular weight excluding hydrogens is 348 g/mol. The summed E-state index contributed by atoms with van der Waals surface area (Å²) in [4.78, 5) is 9.01. The van der Waals surface area contributed by atoms with Crippen molar-refractivity contribution in [1.82, 2.24) is 9.97 Å². The first-order chi connectivity index (χ1) is 13.7. The van der Waals surface area contributed by atoms with Crippen LogP contribution in [0.1, 0.15) is 72.1 Å². The fourth-order valence-electron chi connectivity index (χ4n) is 3.01. The predicted molar refractivity (Wildman–Crippen MR) is 116 cm³/mol. The summed E-state index contributed by atoms with van der Waals surface area (Å²) >= 11 is 0. The third-order valence-electron chi connectivity index (χ3n) is 5.06. The topological polar surface area (TPSA) is 44.2 Å². The summed E-state index contributed by atoms with van der Waals surface area (Å²) in [5, 5.41) is 0. The molecule has 0 aliphatic rings. The van der Waals surface area contributed by atoms with Crippen LogP contribution < -0.4 is 9.47 Å². The van der Waals surface area contributed by atoms with Gasteiger partial charge in [-0.05, 0) is 18.8 Å². The molecule has 4 nitrogen and oxygen atoms in total. The van der Waals surface area contributed by atoms with Crippen LogP contribution in [0, 0.1) is 5.92 Å². The monoisotopic (exact) mass is 384 g/mol. The van der Waals surface area contributed by atoms with Crippen LogP contribution in [0.25, 0.3) is 11.3 Å². The molecule has 0 N–H and O–H groups in total. The maximum atomic E-state index is 5.96. The lowest BCUT2D eigenvalue weighted by atomic mass is 10.0. The van der Waals surface area contributed by atoms with E-state index < -0.39 is 0 Å². The molecule has 4 heteroatoms. The van der Waals surface area contributed by atoms with Crippen molar-refractivity contribution in [3.63, 3.8) is 0 Å². The Morgan fingerprint density at radius 2 is 1.64 bits per heavy atom. The van der Waals surface area contributed by atoms with Gasteiger partial charge in [0, 0.05) is 5.56 Å². The van der Waals surface area contributed by atoms with Gasteiger partial charge in [0.25, 0.3) is 0 Å². The zero-order chi connectivity index (χ0) is 20.0. The largest absolute Gasteiger partial charge is 0.490 e. The highest BCUT2D eigenvalue weighted by molar-refractivity contribution is 5.65. The standard InChI is InChI=1S/C24H36N2O2/c1-4-6-12-17-27-22-19-25-24(26-23(22)21-15-10-7-11-16-21)28-18-13-8-9-14-20(3)5-2/h7,10-11,15-16,19-20H,4-6,8-9,12-14,17-18H2,1-3H3. The Morgan fingerprint density at radius 3 is 2.39 bits per heavy atom. The van der Waals surface area contributed by atoms with Crippen molar-refractivity contribution >= 4 is 0 Å². The summed E-state index contributed by atoms with van der Waals surface area (Å²) < 4.78 is 11.8. The molecule has 1 heterocycles. The van der Waals surface area contributed by atoms with Crippen molar-refractivity contribution < 1.29 is 9.47 Å². The molecule has 0 aliphatic heterocycles. The van der Waals surface area contributed by atoms with E-state index in [1.165, 1.54) is 38.5 Å². The molecule has 154 valence electrons. The molecule has 28 heavy (non-hydrogen) atoms. The highest BCUT2D eigenvalue weighted by atomic mass is 16.5. The molecule has 2 rings (SSSR count). The molecule has 1 atom stereocenters. The van der Waals surface area contributed by atoms with E-state index in [4.69, 9.17) is 9.47 Å². The zero-order valence-corrected chi connectivity index (χ0v) is 17.8. The van der Waals surface area contributed by atoms with Gasteiger partial charge in [-0.2, -0.15) is 9.97 Å². The first-order valence-corrected chi connectivity index (χ1v) is 10.9. The van der Waals surface area contributed by atoms with Gasteiger partial charge < -0.3 is 9.47 Å². The van der Waals surface area contributed by atoms with Crippen LogP contribution in [0.2, 0.25) is 0 Å². The quantitative estimate of drug-likeness (QED) is 0.340. The van der Waals surface area contributed by atoms with E-state index in [0.717, 1.165) is 35.8 Å². The molecule has 0 saturated heterocycles. The Bertz CT molecular complexity index is 661. The minimum absolute atomic E-state index is 0.432. The second-order valence-corrected chi connectivity index (χ2v) is 7.50. The van der Waals surface area contributed by atoms with Gasteiger partial charge in [-0.1, -0.05) is 89.6 Å². The van der Waals surface area contributed by atoms with Crippen molar-refractivity contribution in [2.75, 3.05) is 13.2 Å². The lowest BCUT2D eigenvalue weighted by Gasteiger charge is -2.12. The van der Waals surface area contributed by atoms with E-state index in [2.05, 4.69) is 30.7 Å². The Labute approximate surface area is 170 Å². The lowest BCUT2D eigenvalue weighted by molar-refractivity contribution is 0.274. The Kier molecular flexibility index (Phi) is 10.4. The Morgan fingerprint density at radius 1 is 0.893 bits per heavy atom. The Balaban J connectivity index is 1.92. The molecule has 0 amide bonds. The van der Waals surface area contributed by atoms with E-state index >= 15 is 0 Å². The summed E-state index contributed by atoms with van der Waals surface area (Å²) in [6.07, 6.45) is 11.2. The molecule has 0 saturated carbocycles. The van der Waals surface area contributed by atoms with E-state index in [-0.39, 0.29) is 0 Å². The number of rotatable bonds is 14.